The number of likely N-dealkylation sites (tertiary alicyclic amines) is 1. The van der Waals surface area contributed by atoms with Gasteiger partial charge in [0.15, 0.2) is 0 Å². The first-order valence-corrected chi connectivity index (χ1v) is 5.79. The van der Waals surface area contributed by atoms with Crippen LogP contribution in [0.1, 0.15) is 19.3 Å². The molecule has 3 rings (SSSR count). The topological polar surface area (TPSA) is 53.1 Å². The molecule has 0 aromatic rings. The van der Waals surface area contributed by atoms with Crippen molar-refractivity contribution in [3.63, 3.8) is 0 Å². The van der Waals surface area contributed by atoms with Gasteiger partial charge in [0.2, 0.25) is 0 Å². The highest BCUT2D eigenvalue weighted by Gasteiger charge is 2.51. The van der Waals surface area contributed by atoms with Crippen LogP contribution in [0.25, 0.3) is 0 Å². The second kappa shape index (κ2) is 2.96. The molecule has 1 heterocycles. The minimum Gasteiger partial charge on any atom is -0.387 e. The number of amidine groups is 1. The number of hydrogen-bond acceptors (Lipinski definition) is 2. The molecule has 78 valence electrons. The van der Waals surface area contributed by atoms with Gasteiger partial charge >= 0.3 is 0 Å². The molecule has 14 heavy (non-hydrogen) atoms. The molecule has 3 N–H and O–H groups in total. The molecule has 2 unspecified atom stereocenters. The third kappa shape index (κ3) is 1.18. The first-order valence-electron chi connectivity index (χ1n) is 5.79. The Balaban J connectivity index is 1.68. The maximum atomic E-state index is 7.32. The smallest absolute Gasteiger partial charge is 0.105 e. The van der Waals surface area contributed by atoms with Gasteiger partial charge in [-0.2, -0.15) is 0 Å². The molecular weight excluding hydrogens is 174 g/mol. The fourth-order valence-electron chi connectivity index (χ4n) is 4.14. The molecular formula is C11H19N3. The van der Waals surface area contributed by atoms with Gasteiger partial charge in [-0.3, -0.25) is 10.3 Å². The standard InChI is InChI=1S/C11H19N3/c12-11(13)6-14-4-9-7-1-2-8(3-7)10(9)5-14/h7-10H,1-6H2,(H3,12,13)/t7?,8?,9-,10+. The van der Waals surface area contributed by atoms with Gasteiger partial charge < -0.3 is 5.73 Å². The summed E-state index contributed by atoms with van der Waals surface area (Å²) >= 11 is 0. The molecule has 2 bridgehead atoms. The Bertz CT molecular complexity index is 245. The van der Waals surface area contributed by atoms with E-state index in [1.165, 1.54) is 32.4 Å². The summed E-state index contributed by atoms with van der Waals surface area (Å²) in [6.45, 7) is 3.13. The lowest BCUT2D eigenvalue weighted by Gasteiger charge is -2.22. The van der Waals surface area contributed by atoms with E-state index in [1.54, 1.807) is 0 Å². The highest BCUT2D eigenvalue weighted by atomic mass is 15.2. The molecule has 0 amide bonds. The van der Waals surface area contributed by atoms with Crippen molar-refractivity contribution in [2.75, 3.05) is 19.6 Å². The molecule has 2 saturated carbocycles. The van der Waals surface area contributed by atoms with Gasteiger partial charge in [0, 0.05) is 13.1 Å². The number of nitrogens with one attached hydrogen (secondary N) is 1. The zero-order chi connectivity index (χ0) is 9.71. The molecule has 0 radical (unpaired) electrons. The third-order valence-corrected chi connectivity index (χ3v) is 4.61. The number of nitrogens with zero attached hydrogens (tertiary/aromatic N) is 1. The molecule has 0 aromatic carbocycles. The maximum Gasteiger partial charge on any atom is 0.105 e. The predicted octanol–water partition coefficient (Wildman–Crippen LogP) is 0.900. The molecule has 3 fully saturated rings. The van der Waals surface area contributed by atoms with Crippen LogP contribution in [0, 0.1) is 29.1 Å². The zero-order valence-electron chi connectivity index (χ0n) is 8.58. The SMILES string of the molecule is N=C(N)CN1C[C@@H]2C3CCC(C3)[C@@H]2C1. The summed E-state index contributed by atoms with van der Waals surface area (Å²) in [6.07, 6.45) is 4.45. The number of hydrogen-bond donors (Lipinski definition) is 2. The quantitative estimate of drug-likeness (QED) is 0.506. The van der Waals surface area contributed by atoms with Crippen LogP contribution in [0.4, 0.5) is 0 Å². The van der Waals surface area contributed by atoms with E-state index in [9.17, 15) is 0 Å². The first-order chi connectivity index (χ1) is 6.74. The Labute approximate surface area is 85.2 Å². The van der Waals surface area contributed by atoms with E-state index < -0.39 is 0 Å². The van der Waals surface area contributed by atoms with Crippen LogP contribution < -0.4 is 5.73 Å². The fraction of sp³-hybridized carbons (Fsp3) is 0.909. The van der Waals surface area contributed by atoms with Crippen molar-refractivity contribution in [3.05, 3.63) is 0 Å². The van der Waals surface area contributed by atoms with Crippen molar-refractivity contribution >= 4 is 5.84 Å². The minimum absolute atomic E-state index is 0.331. The van der Waals surface area contributed by atoms with Crippen LogP contribution in [0.2, 0.25) is 0 Å². The lowest BCUT2D eigenvalue weighted by Crippen LogP contribution is -2.32. The molecule has 3 aliphatic rings. The van der Waals surface area contributed by atoms with Gasteiger partial charge in [0.1, 0.15) is 5.84 Å². The number of rotatable bonds is 2. The number of nitrogens with two attached hydrogens (primary N) is 1. The zero-order valence-corrected chi connectivity index (χ0v) is 8.58. The fourth-order valence-corrected chi connectivity index (χ4v) is 4.14. The van der Waals surface area contributed by atoms with Gasteiger partial charge in [0.05, 0.1) is 6.54 Å². The second-order valence-electron chi connectivity index (χ2n) is 5.38. The van der Waals surface area contributed by atoms with Crippen LogP contribution in [0.15, 0.2) is 0 Å². The maximum absolute atomic E-state index is 7.32. The van der Waals surface area contributed by atoms with E-state index in [2.05, 4.69) is 4.90 Å². The third-order valence-electron chi connectivity index (χ3n) is 4.61. The van der Waals surface area contributed by atoms with Crippen molar-refractivity contribution in [1.82, 2.24) is 4.90 Å². The molecule has 1 saturated heterocycles. The Morgan fingerprint density at radius 2 is 1.79 bits per heavy atom. The number of fused-ring (bicyclic) bond motifs is 5. The summed E-state index contributed by atoms with van der Waals surface area (Å²) in [5.74, 6) is 4.27. The molecule has 4 atom stereocenters. The van der Waals surface area contributed by atoms with E-state index in [1.807, 2.05) is 0 Å². The Hall–Kier alpha value is -0.570. The first kappa shape index (κ1) is 8.72. The molecule has 0 spiro atoms. The van der Waals surface area contributed by atoms with Crippen LogP contribution in [-0.2, 0) is 0 Å². The van der Waals surface area contributed by atoms with Crippen LogP contribution in [-0.4, -0.2) is 30.4 Å². The average Bonchev–Trinajstić information content (AvgIpc) is 2.69. The van der Waals surface area contributed by atoms with Gasteiger partial charge in [-0.05, 0) is 42.9 Å². The Morgan fingerprint density at radius 3 is 2.29 bits per heavy atom. The van der Waals surface area contributed by atoms with Crippen molar-refractivity contribution < 1.29 is 0 Å². The summed E-state index contributed by atoms with van der Waals surface area (Å²) in [5.41, 5.74) is 5.45. The van der Waals surface area contributed by atoms with Crippen LogP contribution in [0.5, 0.6) is 0 Å². The van der Waals surface area contributed by atoms with E-state index in [4.69, 9.17) is 11.1 Å². The summed E-state index contributed by atoms with van der Waals surface area (Å²) in [7, 11) is 0. The lowest BCUT2D eigenvalue weighted by molar-refractivity contribution is 0.281. The van der Waals surface area contributed by atoms with E-state index in [0.29, 0.717) is 12.4 Å². The van der Waals surface area contributed by atoms with Crippen LogP contribution >= 0.6 is 0 Å². The van der Waals surface area contributed by atoms with Gasteiger partial charge in [0.25, 0.3) is 0 Å². The summed E-state index contributed by atoms with van der Waals surface area (Å²) in [5, 5.41) is 7.32. The molecule has 1 aliphatic heterocycles. The van der Waals surface area contributed by atoms with Crippen LogP contribution in [0.3, 0.4) is 0 Å². The second-order valence-corrected chi connectivity index (χ2v) is 5.38. The van der Waals surface area contributed by atoms with Gasteiger partial charge in [-0.25, -0.2) is 0 Å². The van der Waals surface area contributed by atoms with Gasteiger partial charge in [-0.1, -0.05) is 0 Å². The highest BCUT2D eigenvalue weighted by molar-refractivity contribution is 5.78. The Morgan fingerprint density at radius 1 is 1.21 bits per heavy atom. The normalized spacial score (nSPS) is 45.7. The van der Waals surface area contributed by atoms with Gasteiger partial charge in [-0.15, -0.1) is 0 Å². The summed E-state index contributed by atoms with van der Waals surface area (Å²) in [4.78, 5) is 2.39. The monoisotopic (exact) mass is 193 g/mol. The molecule has 3 nitrogen and oxygen atoms in total. The predicted molar refractivity (Wildman–Crippen MR) is 56.2 cm³/mol. The molecule has 0 aromatic heterocycles. The average molecular weight is 193 g/mol. The van der Waals surface area contributed by atoms with Crippen molar-refractivity contribution in [1.29, 1.82) is 5.41 Å². The molecule has 2 aliphatic carbocycles. The van der Waals surface area contributed by atoms with Crippen molar-refractivity contribution in [3.8, 4) is 0 Å². The van der Waals surface area contributed by atoms with E-state index in [-0.39, 0.29) is 0 Å². The van der Waals surface area contributed by atoms with E-state index >= 15 is 0 Å². The minimum atomic E-state index is 0.331. The summed E-state index contributed by atoms with van der Waals surface area (Å²) < 4.78 is 0. The Kier molecular flexibility index (Phi) is 1.84. The van der Waals surface area contributed by atoms with Crippen molar-refractivity contribution in [2.24, 2.45) is 29.4 Å². The molecule has 3 heteroatoms. The largest absolute Gasteiger partial charge is 0.387 e. The van der Waals surface area contributed by atoms with Crippen molar-refractivity contribution in [2.45, 2.75) is 19.3 Å². The highest BCUT2D eigenvalue weighted by Crippen LogP contribution is 2.54. The lowest BCUT2D eigenvalue weighted by atomic mass is 9.82. The summed E-state index contributed by atoms with van der Waals surface area (Å²) in [6, 6.07) is 0. The van der Waals surface area contributed by atoms with E-state index in [0.717, 1.165) is 23.7 Å².